The maximum Gasteiger partial charge on any atom is 0.341 e. The van der Waals surface area contributed by atoms with E-state index in [9.17, 15) is 13.2 Å². The van der Waals surface area contributed by atoms with Crippen LogP contribution in [0.4, 0.5) is 0 Å². The van der Waals surface area contributed by atoms with E-state index in [0.29, 0.717) is 6.54 Å². The molecule has 1 aliphatic heterocycles. The van der Waals surface area contributed by atoms with Crippen molar-refractivity contribution in [3.8, 4) is 0 Å². The number of halogens is 2. The van der Waals surface area contributed by atoms with Crippen LogP contribution in [0.15, 0.2) is 23.1 Å². The van der Waals surface area contributed by atoms with Gasteiger partial charge < -0.3 is 9.50 Å². The molecule has 0 unspecified atom stereocenters. The number of carbonyl (C=O) groups excluding carboxylic acids is 1. The van der Waals surface area contributed by atoms with E-state index >= 15 is 0 Å². The Hall–Kier alpha value is -0.820. The van der Waals surface area contributed by atoms with Crippen molar-refractivity contribution < 1.29 is 17.4 Å². The molecule has 0 bridgehead atoms. The van der Waals surface area contributed by atoms with E-state index in [1.54, 1.807) is 0 Å². The highest BCUT2D eigenvalue weighted by atomic mass is 35.5. The van der Waals surface area contributed by atoms with Gasteiger partial charge in [0.05, 0.1) is 0 Å². The Morgan fingerprint density at radius 2 is 1.86 bits per heavy atom. The molecule has 8 heteroatoms. The van der Waals surface area contributed by atoms with Crippen molar-refractivity contribution in [2.24, 2.45) is 5.41 Å². The summed E-state index contributed by atoms with van der Waals surface area (Å²) in [5, 5.41) is 3.25. The Morgan fingerprint density at radius 1 is 1.29 bits per heavy atom. The largest absolute Gasteiger partial charge is 0.341 e. The fourth-order valence-corrected chi connectivity index (χ4v) is 3.85. The highest BCUT2D eigenvalue weighted by molar-refractivity contribution is 7.87. The molecule has 0 saturated carbocycles. The fourth-order valence-electron chi connectivity index (χ4n) is 2.24. The predicted molar refractivity (Wildman–Crippen MR) is 79.9 cm³/mol. The SMILES string of the molecule is CC1(C)CCN[C@@H]1C(=O)OS(=O)(=O)c1cc(Cl)cc(Cl)c1. The van der Waals surface area contributed by atoms with Crippen LogP contribution in [0.5, 0.6) is 0 Å². The number of hydrogen-bond acceptors (Lipinski definition) is 5. The molecule has 1 fully saturated rings. The molecule has 5 nitrogen and oxygen atoms in total. The predicted octanol–water partition coefficient (Wildman–Crippen LogP) is 2.61. The van der Waals surface area contributed by atoms with Crippen LogP contribution in [-0.4, -0.2) is 27.0 Å². The Labute approximate surface area is 133 Å². The Morgan fingerprint density at radius 3 is 2.33 bits per heavy atom. The quantitative estimate of drug-likeness (QED) is 0.847. The highest BCUT2D eigenvalue weighted by Gasteiger charge is 2.42. The molecule has 116 valence electrons. The fraction of sp³-hybridized carbons (Fsp3) is 0.462. The van der Waals surface area contributed by atoms with E-state index in [4.69, 9.17) is 27.4 Å². The van der Waals surface area contributed by atoms with E-state index in [1.165, 1.54) is 18.2 Å². The maximum absolute atomic E-state index is 12.1. The second-order valence-corrected chi connectivity index (χ2v) is 8.01. The summed E-state index contributed by atoms with van der Waals surface area (Å²) < 4.78 is 29.0. The van der Waals surface area contributed by atoms with Crippen molar-refractivity contribution in [2.75, 3.05) is 6.54 Å². The molecule has 0 radical (unpaired) electrons. The monoisotopic (exact) mass is 351 g/mol. The van der Waals surface area contributed by atoms with Gasteiger partial charge in [0, 0.05) is 10.0 Å². The van der Waals surface area contributed by atoms with E-state index in [1.807, 2.05) is 13.8 Å². The molecule has 2 rings (SSSR count). The standard InChI is InChI=1S/C13H15Cl2NO4S/c1-13(2)3-4-16-11(13)12(17)20-21(18,19)10-6-8(14)5-9(15)7-10/h5-7,11,16H,3-4H2,1-2H3/t11-/m1/s1. The molecule has 0 aliphatic carbocycles. The molecular formula is C13H15Cl2NO4S. The summed E-state index contributed by atoms with van der Waals surface area (Å²) in [6.07, 6.45) is 0.760. The number of nitrogens with one attached hydrogen (secondary N) is 1. The zero-order chi connectivity index (χ0) is 15.8. The van der Waals surface area contributed by atoms with Crippen LogP contribution in [0.25, 0.3) is 0 Å². The first-order valence-electron chi connectivity index (χ1n) is 6.30. The van der Waals surface area contributed by atoms with Crippen molar-refractivity contribution in [3.63, 3.8) is 0 Å². The number of carbonyl (C=O) groups is 1. The molecule has 1 N–H and O–H groups in total. The molecule has 0 spiro atoms. The Kier molecular flexibility index (Phi) is 4.54. The second-order valence-electron chi connectivity index (χ2n) is 5.59. The molecule has 0 amide bonds. The van der Waals surface area contributed by atoms with Crippen molar-refractivity contribution >= 4 is 39.3 Å². The first kappa shape index (κ1) is 16.5. The van der Waals surface area contributed by atoms with E-state index in [0.717, 1.165) is 6.42 Å². The third-order valence-corrected chi connectivity index (χ3v) is 5.08. The summed E-state index contributed by atoms with van der Waals surface area (Å²) in [7, 11) is -4.25. The van der Waals surface area contributed by atoms with Crippen molar-refractivity contribution in [1.29, 1.82) is 0 Å². The molecule has 1 aromatic carbocycles. The number of hydrogen-bond donors (Lipinski definition) is 1. The smallest absolute Gasteiger partial charge is 0.340 e. The summed E-state index contributed by atoms with van der Waals surface area (Å²) in [5.41, 5.74) is -0.363. The zero-order valence-electron chi connectivity index (χ0n) is 11.5. The minimum absolute atomic E-state index is 0.149. The molecule has 1 saturated heterocycles. The lowest BCUT2D eigenvalue weighted by Gasteiger charge is -2.24. The lowest BCUT2D eigenvalue weighted by atomic mass is 9.85. The van der Waals surface area contributed by atoms with Gasteiger partial charge in [-0.05, 0) is 36.6 Å². The second kappa shape index (κ2) is 5.76. The van der Waals surface area contributed by atoms with Gasteiger partial charge in [-0.3, -0.25) is 0 Å². The van der Waals surface area contributed by atoms with Crippen LogP contribution in [0, 0.1) is 5.41 Å². The van der Waals surface area contributed by atoms with Gasteiger partial charge in [-0.1, -0.05) is 37.0 Å². The van der Waals surface area contributed by atoms with Gasteiger partial charge in [0.1, 0.15) is 10.9 Å². The summed E-state index contributed by atoms with van der Waals surface area (Å²) in [6, 6.07) is 3.10. The molecule has 21 heavy (non-hydrogen) atoms. The Balaban J connectivity index is 2.23. The summed E-state index contributed by atoms with van der Waals surface area (Å²) in [5.74, 6) is -0.825. The third-order valence-electron chi connectivity index (χ3n) is 3.45. The van der Waals surface area contributed by atoms with Gasteiger partial charge in [-0.15, -0.1) is 0 Å². The van der Waals surface area contributed by atoms with Crippen LogP contribution in [0.1, 0.15) is 20.3 Å². The molecule has 1 atom stereocenters. The van der Waals surface area contributed by atoms with Crippen LogP contribution >= 0.6 is 23.2 Å². The normalized spacial score (nSPS) is 21.2. The van der Waals surface area contributed by atoms with Crippen molar-refractivity contribution in [1.82, 2.24) is 5.32 Å². The summed E-state index contributed by atoms with van der Waals surface area (Å²) in [4.78, 5) is 11.8. The van der Waals surface area contributed by atoms with Crippen LogP contribution in [0.3, 0.4) is 0 Å². The summed E-state index contributed by atoms with van der Waals surface area (Å²) >= 11 is 11.5. The average molecular weight is 352 g/mol. The van der Waals surface area contributed by atoms with Gasteiger partial charge >= 0.3 is 16.1 Å². The minimum atomic E-state index is -4.25. The van der Waals surface area contributed by atoms with Crippen molar-refractivity contribution in [2.45, 2.75) is 31.2 Å². The topological polar surface area (TPSA) is 72.5 Å². The van der Waals surface area contributed by atoms with E-state index in [2.05, 4.69) is 5.32 Å². The molecule has 1 heterocycles. The van der Waals surface area contributed by atoms with Gasteiger partial charge in [0.15, 0.2) is 0 Å². The molecular weight excluding hydrogens is 337 g/mol. The zero-order valence-corrected chi connectivity index (χ0v) is 13.8. The van der Waals surface area contributed by atoms with Gasteiger partial charge in [0.25, 0.3) is 0 Å². The first-order valence-corrected chi connectivity index (χ1v) is 8.46. The number of rotatable bonds is 3. The van der Waals surface area contributed by atoms with Crippen LogP contribution < -0.4 is 5.32 Å². The lowest BCUT2D eigenvalue weighted by Crippen LogP contribution is -2.42. The van der Waals surface area contributed by atoms with Crippen LogP contribution in [-0.2, 0) is 19.1 Å². The van der Waals surface area contributed by atoms with E-state index < -0.39 is 22.1 Å². The van der Waals surface area contributed by atoms with Crippen LogP contribution in [0.2, 0.25) is 10.0 Å². The third kappa shape index (κ3) is 3.69. The maximum atomic E-state index is 12.1. The molecule has 1 aliphatic rings. The number of benzene rings is 1. The minimum Gasteiger partial charge on any atom is -0.340 e. The highest BCUT2D eigenvalue weighted by Crippen LogP contribution is 2.31. The van der Waals surface area contributed by atoms with E-state index in [-0.39, 0.29) is 20.4 Å². The molecule has 1 aromatic rings. The lowest BCUT2D eigenvalue weighted by molar-refractivity contribution is -0.138. The summed E-state index contributed by atoms with van der Waals surface area (Å²) in [6.45, 7) is 4.39. The van der Waals surface area contributed by atoms with Gasteiger partial charge in [0.2, 0.25) is 0 Å². The van der Waals surface area contributed by atoms with Gasteiger partial charge in [-0.2, -0.15) is 8.42 Å². The average Bonchev–Trinajstić information content (AvgIpc) is 2.67. The van der Waals surface area contributed by atoms with Gasteiger partial charge in [-0.25, -0.2) is 4.79 Å². The Bertz CT molecular complexity index is 652. The molecule has 0 aromatic heterocycles. The first-order chi connectivity index (χ1) is 9.62. The van der Waals surface area contributed by atoms with Crippen molar-refractivity contribution in [3.05, 3.63) is 28.2 Å².